The molecule has 0 aliphatic heterocycles. The van der Waals surface area contributed by atoms with Gasteiger partial charge < -0.3 is 5.32 Å². The largest absolute Gasteiger partial charge is 0.374 e. The first-order valence-corrected chi connectivity index (χ1v) is 9.97. The minimum absolute atomic E-state index is 0.102. The van der Waals surface area contributed by atoms with Crippen LogP contribution >= 0.6 is 35.4 Å². The second kappa shape index (κ2) is 8.47. The molecule has 0 spiro atoms. The van der Waals surface area contributed by atoms with E-state index >= 15 is 0 Å². The van der Waals surface area contributed by atoms with Crippen molar-refractivity contribution in [2.75, 3.05) is 6.54 Å². The number of nitrogens with one attached hydrogen (secondary N) is 1. The average Bonchev–Trinajstić information content (AvgIpc) is 2.64. The molecular weight excluding hydrogens is 387 g/mol. The van der Waals surface area contributed by atoms with Crippen molar-refractivity contribution >= 4 is 46.2 Å². The Morgan fingerprint density at radius 1 is 1.19 bits per heavy atom. The fourth-order valence-electron chi connectivity index (χ4n) is 3.32. The number of Topliss-reactive ketones (excluding diaryl/α,β-unsaturated/α-hetero) is 1. The van der Waals surface area contributed by atoms with Crippen LogP contribution in [0, 0.1) is 0 Å². The van der Waals surface area contributed by atoms with Crippen molar-refractivity contribution in [1.29, 1.82) is 0 Å². The van der Waals surface area contributed by atoms with Gasteiger partial charge in [-0.15, -0.1) is 0 Å². The number of aromatic nitrogens is 1. The number of carbonyl (C=O) groups excluding carboxylic acids is 1. The fourth-order valence-corrected chi connectivity index (χ4v) is 3.99. The van der Waals surface area contributed by atoms with E-state index < -0.39 is 6.04 Å². The summed E-state index contributed by atoms with van der Waals surface area (Å²) in [6.45, 7) is 2.63. The Balaban J connectivity index is 2.01. The number of pyridine rings is 1. The molecule has 1 unspecified atom stereocenters. The zero-order valence-corrected chi connectivity index (χ0v) is 16.9. The Morgan fingerprint density at radius 3 is 2.62 bits per heavy atom. The summed E-state index contributed by atoms with van der Waals surface area (Å²) in [5.74, 6) is -0.102. The van der Waals surface area contributed by atoms with Crippen LogP contribution in [0.3, 0.4) is 0 Å². The predicted molar refractivity (Wildman–Crippen MR) is 109 cm³/mol. The van der Waals surface area contributed by atoms with E-state index in [2.05, 4.69) is 17.6 Å². The number of fused-ring (bicyclic) bond motifs is 1. The van der Waals surface area contributed by atoms with Crippen molar-refractivity contribution in [1.82, 2.24) is 5.32 Å². The maximum atomic E-state index is 13.2. The smallest absolute Gasteiger partial charge is 0.270 e. The maximum Gasteiger partial charge on any atom is 0.270 e. The fraction of sp³-hybridized carbons (Fsp3) is 0.350. The van der Waals surface area contributed by atoms with E-state index in [1.54, 1.807) is 18.2 Å². The first-order valence-electron chi connectivity index (χ1n) is 8.80. The van der Waals surface area contributed by atoms with Gasteiger partial charge in [0.15, 0.2) is 17.4 Å². The van der Waals surface area contributed by atoms with Gasteiger partial charge in [0.05, 0.1) is 10.0 Å². The number of thiocarbonyl (C=S) groups is 1. The van der Waals surface area contributed by atoms with Gasteiger partial charge in [-0.25, -0.2) is 0 Å². The summed E-state index contributed by atoms with van der Waals surface area (Å²) in [7, 11) is 0. The molecule has 26 heavy (non-hydrogen) atoms. The maximum absolute atomic E-state index is 13.2. The molecule has 1 aromatic carbocycles. The van der Waals surface area contributed by atoms with Gasteiger partial charge in [-0.05, 0) is 56.4 Å². The Labute approximate surface area is 169 Å². The van der Waals surface area contributed by atoms with E-state index in [1.165, 1.54) is 24.0 Å². The van der Waals surface area contributed by atoms with Crippen LogP contribution in [0.5, 0.6) is 0 Å². The summed E-state index contributed by atoms with van der Waals surface area (Å²) in [5, 5.41) is 3.92. The summed E-state index contributed by atoms with van der Waals surface area (Å²) in [4.78, 5) is 13.7. The molecule has 0 saturated carbocycles. The lowest BCUT2D eigenvalue weighted by molar-refractivity contribution is -0.692. The minimum atomic E-state index is -0.602. The highest BCUT2D eigenvalue weighted by Crippen LogP contribution is 2.25. The topological polar surface area (TPSA) is 33.0 Å². The lowest BCUT2D eigenvalue weighted by Crippen LogP contribution is -2.51. The summed E-state index contributed by atoms with van der Waals surface area (Å²) in [6, 6.07) is 6.44. The SMILES string of the molecule is CCNC(=S)C(C(=O)c1ccc(Cl)c(Cl)c1)[n+]1ccc2c(c1)CCCC2. The Morgan fingerprint density at radius 2 is 1.92 bits per heavy atom. The van der Waals surface area contributed by atoms with Crippen molar-refractivity contribution in [2.45, 2.75) is 38.6 Å². The van der Waals surface area contributed by atoms with Gasteiger partial charge in [-0.2, -0.15) is 4.57 Å². The highest BCUT2D eigenvalue weighted by molar-refractivity contribution is 7.80. The van der Waals surface area contributed by atoms with E-state index in [1.807, 2.05) is 17.7 Å². The van der Waals surface area contributed by atoms with Crippen LogP contribution in [-0.2, 0) is 12.8 Å². The lowest BCUT2D eigenvalue weighted by atomic mass is 9.93. The molecule has 2 aromatic rings. The third kappa shape index (κ3) is 4.08. The molecule has 0 fully saturated rings. The second-order valence-electron chi connectivity index (χ2n) is 6.44. The second-order valence-corrected chi connectivity index (χ2v) is 7.69. The zero-order chi connectivity index (χ0) is 18.7. The highest BCUT2D eigenvalue weighted by atomic mass is 35.5. The van der Waals surface area contributed by atoms with Crippen molar-refractivity contribution in [3.05, 3.63) is 63.4 Å². The number of halogens is 2. The number of ketones is 1. The molecule has 0 amide bonds. The summed E-state index contributed by atoms with van der Waals surface area (Å²) in [6.07, 6.45) is 8.56. The number of carbonyl (C=O) groups is 1. The summed E-state index contributed by atoms with van der Waals surface area (Å²) in [5.41, 5.74) is 3.16. The molecule has 1 heterocycles. The van der Waals surface area contributed by atoms with Crippen LogP contribution < -0.4 is 9.88 Å². The van der Waals surface area contributed by atoms with E-state index in [0.717, 1.165) is 12.8 Å². The van der Waals surface area contributed by atoms with Crippen LogP contribution in [0.4, 0.5) is 0 Å². The summed E-state index contributed by atoms with van der Waals surface area (Å²) >= 11 is 17.6. The molecule has 0 saturated heterocycles. The van der Waals surface area contributed by atoms with Gasteiger partial charge in [-0.1, -0.05) is 35.4 Å². The van der Waals surface area contributed by atoms with E-state index in [-0.39, 0.29) is 5.78 Å². The molecule has 1 aliphatic carbocycles. The van der Waals surface area contributed by atoms with Crippen molar-refractivity contribution < 1.29 is 9.36 Å². The van der Waals surface area contributed by atoms with Gasteiger partial charge in [0.2, 0.25) is 5.78 Å². The van der Waals surface area contributed by atoms with Crippen molar-refractivity contribution in [3.8, 4) is 0 Å². The molecule has 1 aromatic heterocycles. The molecule has 6 heteroatoms. The van der Waals surface area contributed by atoms with Crippen molar-refractivity contribution in [2.24, 2.45) is 0 Å². The summed E-state index contributed by atoms with van der Waals surface area (Å²) < 4.78 is 1.92. The third-order valence-electron chi connectivity index (χ3n) is 4.66. The molecular formula is C20H21Cl2N2OS+. The minimum Gasteiger partial charge on any atom is -0.374 e. The standard InChI is InChI=1S/C20H20Cl2N2OS/c1-2-23-20(26)18(19(25)14-7-8-16(21)17(22)11-14)24-10-9-13-5-3-4-6-15(13)12-24/h7-12,18H,2-6H2,1H3/p+1. The van der Waals surface area contributed by atoms with Gasteiger partial charge in [0, 0.05) is 23.7 Å². The molecule has 0 radical (unpaired) electrons. The number of hydrogen-bond donors (Lipinski definition) is 1. The Bertz CT molecular complexity index is 854. The van der Waals surface area contributed by atoms with Gasteiger partial charge in [0.1, 0.15) is 0 Å². The van der Waals surface area contributed by atoms with E-state index in [4.69, 9.17) is 35.4 Å². The highest BCUT2D eigenvalue weighted by Gasteiger charge is 2.34. The molecule has 0 bridgehead atoms. The number of benzene rings is 1. The predicted octanol–water partition coefficient (Wildman–Crippen LogP) is 4.52. The van der Waals surface area contributed by atoms with Gasteiger partial charge >= 0.3 is 0 Å². The molecule has 136 valence electrons. The number of nitrogens with zero attached hydrogens (tertiary/aromatic N) is 1. The zero-order valence-electron chi connectivity index (χ0n) is 14.6. The van der Waals surface area contributed by atoms with Crippen LogP contribution in [-0.4, -0.2) is 17.3 Å². The van der Waals surface area contributed by atoms with Crippen LogP contribution in [0.15, 0.2) is 36.7 Å². The molecule has 1 N–H and O–H groups in total. The molecule has 1 atom stereocenters. The third-order valence-corrected chi connectivity index (χ3v) is 5.76. The number of aryl methyl sites for hydroxylation is 2. The quantitative estimate of drug-likeness (QED) is 0.449. The van der Waals surface area contributed by atoms with Crippen LogP contribution in [0.2, 0.25) is 10.0 Å². The lowest BCUT2D eigenvalue weighted by Gasteiger charge is -2.18. The Kier molecular flexibility index (Phi) is 6.28. The van der Waals surface area contributed by atoms with E-state index in [9.17, 15) is 4.79 Å². The number of hydrogen-bond acceptors (Lipinski definition) is 2. The van der Waals surface area contributed by atoms with Crippen LogP contribution in [0.1, 0.15) is 47.3 Å². The number of rotatable bonds is 5. The van der Waals surface area contributed by atoms with Crippen LogP contribution in [0.25, 0.3) is 0 Å². The molecule has 3 rings (SSSR count). The average molecular weight is 408 g/mol. The van der Waals surface area contributed by atoms with Gasteiger partial charge in [0.25, 0.3) is 6.04 Å². The monoisotopic (exact) mass is 407 g/mol. The number of likely N-dealkylation sites (N-methyl/N-ethyl adjacent to an activating group) is 1. The first kappa shape index (κ1) is 19.3. The molecule has 3 nitrogen and oxygen atoms in total. The van der Waals surface area contributed by atoms with Gasteiger partial charge in [-0.3, -0.25) is 4.79 Å². The van der Waals surface area contributed by atoms with E-state index in [0.29, 0.717) is 27.1 Å². The Hall–Kier alpha value is -1.49. The normalized spacial score (nSPS) is 14.4. The van der Waals surface area contributed by atoms with Crippen molar-refractivity contribution in [3.63, 3.8) is 0 Å². The first-order chi connectivity index (χ1) is 12.5. The molecule has 1 aliphatic rings.